The Morgan fingerprint density at radius 2 is 2.04 bits per heavy atom. The maximum atomic E-state index is 11.4. The summed E-state index contributed by atoms with van der Waals surface area (Å²) >= 11 is 0. The highest BCUT2D eigenvalue weighted by Crippen LogP contribution is 2.25. The summed E-state index contributed by atoms with van der Waals surface area (Å²) in [5.74, 6) is 0.0214. The van der Waals surface area contributed by atoms with Crippen molar-refractivity contribution < 1.29 is 9.21 Å². The lowest BCUT2D eigenvalue weighted by Crippen LogP contribution is -2.31. The quantitative estimate of drug-likeness (QED) is 0.775. The highest BCUT2D eigenvalue weighted by molar-refractivity contribution is 6.07. The second kappa shape index (κ2) is 5.81. The summed E-state index contributed by atoms with van der Waals surface area (Å²) in [6.45, 7) is 1.99. The number of hydrazone groups is 1. The van der Waals surface area contributed by atoms with Crippen LogP contribution in [0.5, 0.6) is 0 Å². The summed E-state index contributed by atoms with van der Waals surface area (Å²) in [5, 5.41) is 7.33. The Balaban J connectivity index is 1.65. The lowest BCUT2D eigenvalue weighted by Gasteiger charge is -2.18. The van der Waals surface area contributed by atoms with Crippen LogP contribution in [0.3, 0.4) is 0 Å². The molecule has 4 rings (SSSR count). The topological polar surface area (TPSA) is 79.5 Å². The van der Waals surface area contributed by atoms with Crippen molar-refractivity contribution in [2.24, 2.45) is 11.0 Å². The molecular weight excluding hydrogens is 304 g/mol. The Hall–Kier alpha value is -3.15. The monoisotopic (exact) mass is 320 g/mol. The van der Waals surface area contributed by atoms with E-state index in [1.165, 1.54) is 0 Å². The number of fused-ring (bicyclic) bond motifs is 1. The summed E-state index contributed by atoms with van der Waals surface area (Å²) in [4.78, 5) is 15.9. The fraction of sp³-hybridized carbons (Fsp3) is 0.167. The largest absolute Gasteiger partial charge is 0.423 e. The molecule has 0 saturated heterocycles. The molecule has 0 fully saturated rings. The highest BCUT2D eigenvalue weighted by Gasteiger charge is 2.22. The summed E-state index contributed by atoms with van der Waals surface area (Å²) in [6, 6.07) is 15.9. The first-order chi connectivity index (χ1) is 11.7. The average molecular weight is 320 g/mol. The molecule has 24 heavy (non-hydrogen) atoms. The van der Waals surface area contributed by atoms with Crippen molar-refractivity contribution in [3.63, 3.8) is 0 Å². The fourth-order valence-corrected chi connectivity index (χ4v) is 2.79. The molecule has 0 saturated carbocycles. The van der Waals surface area contributed by atoms with E-state index in [1.807, 2.05) is 55.5 Å². The van der Waals surface area contributed by atoms with E-state index < -0.39 is 0 Å². The summed E-state index contributed by atoms with van der Waals surface area (Å²) in [6.07, 6.45) is 0.441. The van der Waals surface area contributed by atoms with E-state index in [0.29, 0.717) is 18.0 Å². The zero-order valence-corrected chi connectivity index (χ0v) is 13.1. The number of anilines is 2. The Morgan fingerprint density at radius 3 is 2.83 bits per heavy atom. The number of hydrogen-bond acceptors (Lipinski definition) is 5. The second-order valence-corrected chi connectivity index (χ2v) is 5.83. The van der Waals surface area contributed by atoms with Crippen LogP contribution in [0.25, 0.3) is 11.1 Å². The van der Waals surface area contributed by atoms with Crippen molar-refractivity contribution in [3.8, 4) is 0 Å². The van der Waals surface area contributed by atoms with E-state index in [0.717, 1.165) is 22.5 Å². The number of amides is 1. The lowest BCUT2D eigenvalue weighted by atomic mass is 9.94. The van der Waals surface area contributed by atoms with Gasteiger partial charge in [0.1, 0.15) is 5.52 Å². The van der Waals surface area contributed by atoms with Gasteiger partial charge in [-0.25, -0.2) is 5.43 Å². The van der Waals surface area contributed by atoms with Gasteiger partial charge >= 0.3 is 0 Å². The van der Waals surface area contributed by atoms with Crippen LogP contribution in [-0.4, -0.2) is 16.6 Å². The molecule has 2 aromatic carbocycles. The van der Waals surface area contributed by atoms with Crippen molar-refractivity contribution >= 4 is 34.4 Å². The van der Waals surface area contributed by atoms with Crippen LogP contribution in [-0.2, 0) is 4.79 Å². The van der Waals surface area contributed by atoms with Gasteiger partial charge in [0.05, 0.1) is 5.71 Å². The van der Waals surface area contributed by atoms with Gasteiger partial charge < -0.3 is 9.73 Å². The molecule has 1 unspecified atom stereocenters. The Bertz CT molecular complexity index is 931. The van der Waals surface area contributed by atoms with Gasteiger partial charge in [-0.1, -0.05) is 25.1 Å². The predicted octanol–water partition coefficient (Wildman–Crippen LogP) is 3.43. The minimum Gasteiger partial charge on any atom is -0.423 e. The molecule has 2 N–H and O–H groups in total. The summed E-state index contributed by atoms with van der Waals surface area (Å²) in [5.41, 5.74) is 6.70. The number of carbonyl (C=O) groups is 1. The molecule has 0 spiro atoms. The Kier molecular flexibility index (Phi) is 3.49. The summed E-state index contributed by atoms with van der Waals surface area (Å²) < 4.78 is 5.73. The van der Waals surface area contributed by atoms with Crippen molar-refractivity contribution in [3.05, 3.63) is 54.1 Å². The minimum absolute atomic E-state index is 0.0527. The number of aromatic nitrogens is 1. The van der Waals surface area contributed by atoms with Crippen LogP contribution in [0.1, 0.15) is 18.9 Å². The second-order valence-electron chi connectivity index (χ2n) is 5.83. The van der Waals surface area contributed by atoms with Crippen molar-refractivity contribution in [1.29, 1.82) is 0 Å². The molecule has 0 radical (unpaired) electrons. The van der Waals surface area contributed by atoms with Gasteiger partial charge in [0.15, 0.2) is 5.58 Å². The summed E-state index contributed by atoms with van der Waals surface area (Å²) in [7, 11) is 0. The van der Waals surface area contributed by atoms with Crippen LogP contribution in [0.15, 0.2) is 58.0 Å². The van der Waals surface area contributed by atoms with Gasteiger partial charge in [-0.15, -0.1) is 0 Å². The number of carbonyl (C=O) groups excluding carboxylic acids is 1. The van der Waals surface area contributed by atoms with E-state index >= 15 is 0 Å². The molecule has 1 aromatic heterocycles. The molecule has 6 nitrogen and oxygen atoms in total. The van der Waals surface area contributed by atoms with Gasteiger partial charge in [0.2, 0.25) is 5.91 Å². The van der Waals surface area contributed by atoms with Crippen molar-refractivity contribution in [2.45, 2.75) is 13.3 Å². The van der Waals surface area contributed by atoms with Gasteiger partial charge in [0.25, 0.3) is 6.01 Å². The molecule has 1 amide bonds. The fourth-order valence-electron chi connectivity index (χ4n) is 2.79. The zero-order valence-electron chi connectivity index (χ0n) is 13.1. The molecular formula is C18H16N4O2. The first-order valence-corrected chi connectivity index (χ1v) is 7.78. The van der Waals surface area contributed by atoms with Crippen LogP contribution < -0.4 is 10.7 Å². The number of nitrogens with zero attached hydrogens (tertiary/aromatic N) is 2. The number of para-hydroxylation sites is 1. The van der Waals surface area contributed by atoms with E-state index in [4.69, 9.17) is 4.42 Å². The van der Waals surface area contributed by atoms with Crippen molar-refractivity contribution in [2.75, 3.05) is 5.32 Å². The maximum Gasteiger partial charge on any atom is 0.300 e. The third-order valence-electron chi connectivity index (χ3n) is 3.97. The molecule has 2 heterocycles. The first kappa shape index (κ1) is 14.4. The Morgan fingerprint density at radius 1 is 1.21 bits per heavy atom. The van der Waals surface area contributed by atoms with Crippen molar-refractivity contribution in [1.82, 2.24) is 10.4 Å². The number of rotatable bonds is 3. The Labute approximate surface area is 138 Å². The molecule has 1 aliphatic heterocycles. The van der Waals surface area contributed by atoms with Gasteiger partial charge in [-0.05, 0) is 30.3 Å². The minimum atomic E-state index is -0.0527. The molecule has 1 aliphatic rings. The lowest BCUT2D eigenvalue weighted by molar-refractivity contribution is -0.121. The van der Waals surface area contributed by atoms with E-state index in [9.17, 15) is 4.79 Å². The van der Waals surface area contributed by atoms with Crippen LogP contribution >= 0.6 is 0 Å². The molecule has 1 atom stereocenters. The predicted molar refractivity (Wildman–Crippen MR) is 92.2 cm³/mol. The smallest absolute Gasteiger partial charge is 0.300 e. The normalized spacial score (nSPS) is 17.5. The molecule has 0 bridgehead atoms. The molecule has 3 aromatic rings. The van der Waals surface area contributed by atoms with E-state index in [-0.39, 0.29) is 11.8 Å². The standard InChI is InChI=1S/C18H16N4O2/c1-11-9-16(23)21-22-17(11)12-7-8-15-14(10-12)20-18(24-15)19-13-5-3-2-4-6-13/h2-8,10-11H,9H2,1H3,(H,19,20)(H,21,23). The molecule has 120 valence electrons. The average Bonchev–Trinajstić information content (AvgIpc) is 2.97. The molecule has 0 aliphatic carbocycles. The van der Waals surface area contributed by atoms with Crippen LogP contribution in [0, 0.1) is 5.92 Å². The van der Waals surface area contributed by atoms with Gasteiger partial charge in [0, 0.05) is 23.6 Å². The third-order valence-corrected chi connectivity index (χ3v) is 3.97. The third kappa shape index (κ3) is 2.74. The maximum absolute atomic E-state index is 11.4. The van der Waals surface area contributed by atoms with Gasteiger partial charge in [-0.3, -0.25) is 4.79 Å². The molecule has 6 heteroatoms. The van der Waals surface area contributed by atoms with Crippen LogP contribution in [0.4, 0.5) is 11.7 Å². The zero-order chi connectivity index (χ0) is 16.5. The number of benzene rings is 2. The van der Waals surface area contributed by atoms with E-state index in [2.05, 4.69) is 20.8 Å². The number of hydrogen-bond donors (Lipinski definition) is 2. The van der Waals surface area contributed by atoms with Crippen LogP contribution in [0.2, 0.25) is 0 Å². The first-order valence-electron chi connectivity index (χ1n) is 7.78. The number of oxazole rings is 1. The SMILES string of the molecule is CC1CC(=O)NN=C1c1ccc2oc(Nc3ccccc3)nc2c1. The highest BCUT2D eigenvalue weighted by atomic mass is 16.4. The number of nitrogens with one attached hydrogen (secondary N) is 2. The van der Waals surface area contributed by atoms with Gasteiger partial charge in [-0.2, -0.15) is 10.1 Å². The van der Waals surface area contributed by atoms with E-state index in [1.54, 1.807) is 0 Å².